The molecule has 0 radical (unpaired) electrons. The molecule has 2 aromatic rings. The molecule has 0 aliphatic heterocycles. The van der Waals surface area contributed by atoms with Crippen molar-refractivity contribution in [3.8, 4) is 0 Å². The van der Waals surface area contributed by atoms with Crippen LogP contribution in [0.3, 0.4) is 0 Å². The van der Waals surface area contributed by atoms with E-state index in [-0.39, 0.29) is 16.5 Å². The van der Waals surface area contributed by atoms with Gasteiger partial charge in [0.1, 0.15) is 0 Å². The molecule has 3 rings (SSSR count). The van der Waals surface area contributed by atoms with Crippen molar-refractivity contribution in [3.05, 3.63) is 34.4 Å². The molecule has 26 heavy (non-hydrogen) atoms. The highest BCUT2D eigenvalue weighted by Crippen LogP contribution is 2.44. The summed E-state index contributed by atoms with van der Waals surface area (Å²) >= 11 is 1.59. The van der Waals surface area contributed by atoms with Crippen molar-refractivity contribution in [3.63, 3.8) is 0 Å². The van der Waals surface area contributed by atoms with Gasteiger partial charge in [-0.25, -0.2) is 18.1 Å². The Morgan fingerprint density at radius 3 is 2.54 bits per heavy atom. The van der Waals surface area contributed by atoms with Crippen molar-refractivity contribution >= 4 is 21.4 Å². The molecule has 1 fully saturated rings. The highest BCUT2D eigenvalue weighted by Gasteiger charge is 2.38. The van der Waals surface area contributed by atoms with E-state index >= 15 is 0 Å². The van der Waals surface area contributed by atoms with E-state index in [1.54, 1.807) is 35.4 Å². The molecular formula is C18H27N3O3S2. The Balaban J connectivity index is 1.79. The lowest BCUT2D eigenvalue weighted by Crippen LogP contribution is -2.38. The maximum Gasteiger partial charge on any atom is 0.259 e. The molecule has 0 spiro atoms. The molecule has 2 heterocycles. The fourth-order valence-corrected chi connectivity index (χ4v) is 5.72. The third kappa shape index (κ3) is 3.88. The van der Waals surface area contributed by atoms with Gasteiger partial charge in [0.2, 0.25) is 0 Å². The van der Waals surface area contributed by atoms with Crippen LogP contribution in [0.4, 0.5) is 0 Å². The number of nitrogens with one attached hydrogen (secondary N) is 1. The summed E-state index contributed by atoms with van der Waals surface area (Å²) < 4.78 is 30.0. The monoisotopic (exact) mass is 397 g/mol. The Bertz CT molecular complexity index is 847. The number of nitrogens with zero attached hydrogens (tertiary/aromatic N) is 2. The van der Waals surface area contributed by atoms with Crippen molar-refractivity contribution in [1.82, 2.24) is 14.3 Å². The summed E-state index contributed by atoms with van der Waals surface area (Å²) in [6, 6.07) is 4.15. The maximum absolute atomic E-state index is 12.7. The fourth-order valence-electron chi connectivity index (χ4n) is 3.47. The van der Waals surface area contributed by atoms with Gasteiger partial charge in [0.25, 0.3) is 10.0 Å². The van der Waals surface area contributed by atoms with Gasteiger partial charge in [-0.1, -0.05) is 12.8 Å². The van der Waals surface area contributed by atoms with Gasteiger partial charge < -0.3 is 9.67 Å². The average molecular weight is 398 g/mol. The molecule has 1 saturated carbocycles. The lowest BCUT2D eigenvalue weighted by Gasteiger charge is -2.28. The average Bonchev–Trinajstić information content (AvgIpc) is 3.32. The SMILES string of the molecule is CC(C)n1cnc(S(=O)(=O)NCC2(c3ccc([C@@H](C)O)s3)CCCC2)c1. The molecule has 8 heteroatoms. The molecule has 6 nitrogen and oxygen atoms in total. The third-order valence-electron chi connectivity index (χ3n) is 5.17. The van der Waals surface area contributed by atoms with Crippen LogP contribution in [0, 0.1) is 0 Å². The van der Waals surface area contributed by atoms with Crippen LogP contribution in [0.15, 0.2) is 29.7 Å². The summed E-state index contributed by atoms with van der Waals surface area (Å²) in [5.74, 6) is 0. The Hall–Kier alpha value is -1.22. The number of sulfonamides is 1. The molecule has 1 atom stereocenters. The topological polar surface area (TPSA) is 84.2 Å². The maximum atomic E-state index is 12.7. The van der Waals surface area contributed by atoms with Gasteiger partial charge in [-0.05, 0) is 45.7 Å². The van der Waals surface area contributed by atoms with Gasteiger partial charge in [0.05, 0.1) is 12.4 Å². The minimum absolute atomic E-state index is 0.0650. The Morgan fingerprint density at radius 2 is 2.00 bits per heavy atom. The van der Waals surface area contributed by atoms with E-state index in [0.717, 1.165) is 35.4 Å². The second-order valence-electron chi connectivity index (χ2n) is 7.44. The van der Waals surface area contributed by atoms with Crippen LogP contribution >= 0.6 is 11.3 Å². The number of hydrogen-bond acceptors (Lipinski definition) is 5. The van der Waals surface area contributed by atoms with Crippen molar-refractivity contribution < 1.29 is 13.5 Å². The number of thiophene rings is 1. The quantitative estimate of drug-likeness (QED) is 0.750. The van der Waals surface area contributed by atoms with E-state index in [1.807, 2.05) is 26.0 Å². The predicted molar refractivity (Wildman–Crippen MR) is 103 cm³/mol. The third-order valence-corrected chi connectivity index (χ3v) is 7.96. The minimum atomic E-state index is -3.64. The zero-order valence-corrected chi connectivity index (χ0v) is 17.1. The smallest absolute Gasteiger partial charge is 0.259 e. The van der Waals surface area contributed by atoms with E-state index in [4.69, 9.17) is 0 Å². The molecule has 1 aliphatic carbocycles. The first-order valence-electron chi connectivity index (χ1n) is 9.05. The van der Waals surface area contributed by atoms with Gasteiger partial charge in [0.15, 0.2) is 5.03 Å². The molecular weight excluding hydrogens is 370 g/mol. The lowest BCUT2D eigenvalue weighted by molar-refractivity contribution is 0.203. The number of aliphatic hydroxyl groups excluding tert-OH is 1. The zero-order chi connectivity index (χ0) is 18.9. The van der Waals surface area contributed by atoms with Crippen LogP contribution in [0.1, 0.15) is 68.4 Å². The van der Waals surface area contributed by atoms with E-state index in [9.17, 15) is 13.5 Å². The van der Waals surface area contributed by atoms with E-state index < -0.39 is 16.1 Å². The van der Waals surface area contributed by atoms with Gasteiger partial charge in [-0.3, -0.25) is 0 Å². The number of aromatic nitrogens is 2. The van der Waals surface area contributed by atoms with Gasteiger partial charge in [0, 0.05) is 34.0 Å². The highest BCUT2D eigenvalue weighted by molar-refractivity contribution is 7.89. The largest absolute Gasteiger partial charge is 0.388 e. The Labute approximate surface area is 159 Å². The fraction of sp³-hybridized carbons (Fsp3) is 0.611. The van der Waals surface area contributed by atoms with Crippen molar-refractivity contribution in [2.24, 2.45) is 0 Å². The first kappa shape index (κ1) is 19.5. The van der Waals surface area contributed by atoms with E-state index in [2.05, 4.69) is 9.71 Å². The first-order valence-corrected chi connectivity index (χ1v) is 11.3. The normalized spacial score (nSPS) is 18.5. The number of imidazole rings is 1. The summed E-state index contributed by atoms with van der Waals surface area (Å²) in [6.45, 7) is 6.08. The lowest BCUT2D eigenvalue weighted by atomic mass is 9.85. The summed E-state index contributed by atoms with van der Waals surface area (Å²) in [5, 5.41) is 9.87. The summed E-state index contributed by atoms with van der Waals surface area (Å²) in [5.41, 5.74) is -0.189. The van der Waals surface area contributed by atoms with Crippen LogP contribution in [0.5, 0.6) is 0 Å². The second kappa shape index (κ2) is 7.42. The van der Waals surface area contributed by atoms with Crippen LogP contribution in [0.2, 0.25) is 0 Å². The molecule has 2 aromatic heterocycles. The first-order chi connectivity index (χ1) is 12.2. The molecule has 1 aliphatic rings. The summed E-state index contributed by atoms with van der Waals surface area (Å²) in [7, 11) is -3.64. The van der Waals surface area contributed by atoms with Crippen LogP contribution in [-0.2, 0) is 15.4 Å². The molecule has 0 unspecified atom stereocenters. The number of aliphatic hydroxyl groups is 1. The molecule has 0 bridgehead atoms. The van der Waals surface area contributed by atoms with Gasteiger partial charge >= 0.3 is 0 Å². The highest BCUT2D eigenvalue weighted by atomic mass is 32.2. The number of hydrogen-bond donors (Lipinski definition) is 2. The Morgan fingerprint density at radius 1 is 1.31 bits per heavy atom. The van der Waals surface area contributed by atoms with Crippen molar-refractivity contribution in [1.29, 1.82) is 0 Å². The Kier molecular flexibility index (Phi) is 5.58. The van der Waals surface area contributed by atoms with Crippen LogP contribution in [-0.4, -0.2) is 29.6 Å². The summed E-state index contributed by atoms with van der Waals surface area (Å²) in [4.78, 5) is 6.13. The van der Waals surface area contributed by atoms with E-state index in [1.165, 1.54) is 0 Å². The second-order valence-corrected chi connectivity index (χ2v) is 10.3. The zero-order valence-electron chi connectivity index (χ0n) is 15.5. The summed E-state index contributed by atoms with van der Waals surface area (Å²) in [6.07, 6.45) is 6.72. The van der Waals surface area contributed by atoms with Gasteiger partial charge in [-0.15, -0.1) is 11.3 Å². The molecule has 2 N–H and O–H groups in total. The standard InChI is InChI=1S/C18H27N3O3S2/c1-13(2)21-10-17(19-12-21)26(23,24)20-11-18(8-4-5-9-18)16-7-6-15(25-16)14(3)22/h6-7,10,12-14,20,22H,4-5,8-9,11H2,1-3H3/t14-/m1/s1. The number of rotatable bonds is 7. The molecule has 0 aromatic carbocycles. The molecule has 0 saturated heterocycles. The van der Waals surface area contributed by atoms with E-state index in [0.29, 0.717) is 6.54 Å². The van der Waals surface area contributed by atoms with Crippen LogP contribution < -0.4 is 4.72 Å². The van der Waals surface area contributed by atoms with Crippen molar-refractivity contribution in [2.75, 3.05) is 6.54 Å². The van der Waals surface area contributed by atoms with Gasteiger partial charge in [-0.2, -0.15) is 0 Å². The van der Waals surface area contributed by atoms with Crippen molar-refractivity contribution in [2.45, 2.75) is 69.0 Å². The predicted octanol–water partition coefficient (Wildman–Crippen LogP) is 3.37. The minimum Gasteiger partial charge on any atom is -0.388 e. The van der Waals surface area contributed by atoms with Crippen LogP contribution in [0.25, 0.3) is 0 Å². The molecule has 0 amide bonds. The molecule has 144 valence electrons.